The first-order valence-corrected chi connectivity index (χ1v) is 8.85. The van der Waals surface area contributed by atoms with Gasteiger partial charge < -0.3 is 5.73 Å². The highest BCUT2D eigenvalue weighted by Gasteiger charge is 2.14. The SMILES string of the molecule is CCS(=O)CCNS(=O)(=O)c1ccc(C(N)=S)nc1. The van der Waals surface area contributed by atoms with Gasteiger partial charge in [0, 0.05) is 35.0 Å². The van der Waals surface area contributed by atoms with Crippen LogP contribution in [0.2, 0.25) is 0 Å². The second kappa shape index (κ2) is 7.04. The first-order valence-electron chi connectivity index (χ1n) is 5.47. The Bertz CT molecular complexity index is 569. The number of aromatic nitrogens is 1. The average Bonchev–Trinajstić information content (AvgIpc) is 2.38. The van der Waals surface area contributed by atoms with Gasteiger partial charge in [-0.25, -0.2) is 13.1 Å². The van der Waals surface area contributed by atoms with Gasteiger partial charge in [-0.3, -0.25) is 9.19 Å². The van der Waals surface area contributed by atoms with Crippen LogP contribution in [0.25, 0.3) is 0 Å². The number of nitrogens with two attached hydrogens (primary N) is 1. The fraction of sp³-hybridized carbons (Fsp3) is 0.400. The molecule has 1 atom stereocenters. The number of nitrogens with one attached hydrogen (secondary N) is 1. The number of nitrogens with zero attached hydrogens (tertiary/aromatic N) is 1. The topological polar surface area (TPSA) is 102 Å². The summed E-state index contributed by atoms with van der Waals surface area (Å²) in [4.78, 5) is 3.99. The predicted octanol–water partition coefficient (Wildman–Crippen LogP) is -0.237. The molecule has 0 aliphatic rings. The van der Waals surface area contributed by atoms with Gasteiger partial charge >= 0.3 is 0 Å². The number of rotatable bonds is 7. The molecular weight excluding hydrogens is 306 g/mol. The van der Waals surface area contributed by atoms with E-state index in [0.717, 1.165) is 0 Å². The number of sulfonamides is 1. The molecule has 106 valence electrons. The molecule has 1 rings (SSSR count). The van der Waals surface area contributed by atoms with Crippen molar-refractivity contribution in [1.29, 1.82) is 0 Å². The molecule has 1 aromatic heterocycles. The summed E-state index contributed by atoms with van der Waals surface area (Å²) in [6.07, 6.45) is 1.19. The van der Waals surface area contributed by atoms with Crippen molar-refractivity contribution < 1.29 is 12.6 Å². The summed E-state index contributed by atoms with van der Waals surface area (Å²) in [7, 11) is -4.64. The minimum absolute atomic E-state index is 0.0229. The van der Waals surface area contributed by atoms with E-state index in [-0.39, 0.29) is 22.2 Å². The van der Waals surface area contributed by atoms with Gasteiger partial charge in [0.1, 0.15) is 9.88 Å². The van der Waals surface area contributed by atoms with Crippen LogP contribution in [0.3, 0.4) is 0 Å². The number of pyridine rings is 1. The van der Waals surface area contributed by atoms with Crippen molar-refractivity contribution in [2.24, 2.45) is 5.73 Å². The first-order chi connectivity index (χ1) is 8.86. The van der Waals surface area contributed by atoms with Crippen molar-refractivity contribution in [3.8, 4) is 0 Å². The molecule has 0 saturated heterocycles. The van der Waals surface area contributed by atoms with E-state index in [1.807, 2.05) is 0 Å². The molecule has 9 heteroatoms. The third kappa shape index (κ3) is 4.94. The number of thiocarbonyl (C=S) groups is 1. The van der Waals surface area contributed by atoms with Crippen LogP contribution in [0.4, 0.5) is 0 Å². The Labute approximate surface area is 120 Å². The summed E-state index contributed by atoms with van der Waals surface area (Å²) >= 11 is 4.73. The minimum atomic E-state index is -3.64. The Hall–Kier alpha value is -0.900. The predicted molar refractivity (Wildman–Crippen MR) is 78.9 cm³/mol. The lowest BCUT2D eigenvalue weighted by molar-refractivity contribution is 0.583. The van der Waals surface area contributed by atoms with Gasteiger partial charge in [0.25, 0.3) is 0 Å². The standard InChI is InChI=1S/C10H15N3O3S3/c1-2-18(14)6-5-13-19(15,16)8-3-4-9(10(11)17)12-7-8/h3-4,7,13H,2,5-6H2,1H3,(H2,11,17). The normalized spacial score (nSPS) is 13.1. The smallest absolute Gasteiger partial charge is 0.242 e. The van der Waals surface area contributed by atoms with Gasteiger partial charge in [-0.2, -0.15) is 0 Å². The highest BCUT2D eigenvalue weighted by molar-refractivity contribution is 7.89. The molecule has 0 saturated carbocycles. The maximum atomic E-state index is 11.9. The molecule has 0 aliphatic heterocycles. The second-order valence-electron chi connectivity index (χ2n) is 3.57. The molecule has 0 aromatic carbocycles. The molecule has 1 heterocycles. The summed E-state index contributed by atoms with van der Waals surface area (Å²) in [5, 5.41) is 0. The summed E-state index contributed by atoms with van der Waals surface area (Å²) in [6, 6.07) is 2.82. The van der Waals surface area contributed by atoms with Gasteiger partial charge in [-0.1, -0.05) is 19.1 Å². The molecule has 0 radical (unpaired) electrons. The third-order valence-corrected chi connectivity index (χ3v) is 5.20. The summed E-state index contributed by atoms with van der Waals surface area (Å²) in [6.45, 7) is 1.91. The molecule has 0 bridgehead atoms. The Morgan fingerprint density at radius 1 is 1.53 bits per heavy atom. The highest BCUT2D eigenvalue weighted by atomic mass is 32.2. The van der Waals surface area contributed by atoms with Crippen LogP contribution in [0, 0.1) is 0 Å². The molecule has 0 fully saturated rings. The summed E-state index contributed by atoms with van der Waals surface area (Å²) in [5.74, 6) is 0.792. The molecule has 1 unspecified atom stereocenters. The molecule has 0 amide bonds. The van der Waals surface area contributed by atoms with Crippen molar-refractivity contribution in [3.05, 3.63) is 24.0 Å². The maximum Gasteiger partial charge on any atom is 0.242 e. The fourth-order valence-corrected chi connectivity index (χ4v) is 3.05. The maximum absolute atomic E-state index is 11.9. The molecule has 0 aliphatic carbocycles. The zero-order valence-electron chi connectivity index (χ0n) is 10.3. The van der Waals surface area contributed by atoms with Crippen LogP contribution in [0.1, 0.15) is 12.6 Å². The van der Waals surface area contributed by atoms with Crippen LogP contribution in [-0.4, -0.2) is 40.6 Å². The van der Waals surface area contributed by atoms with Gasteiger partial charge in [-0.15, -0.1) is 0 Å². The lowest BCUT2D eigenvalue weighted by atomic mass is 10.3. The molecule has 1 aromatic rings. The Morgan fingerprint density at radius 3 is 2.68 bits per heavy atom. The van der Waals surface area contributed by atoms with Crippen molar-refractivity contribution >= 4 is 38.0 Å². The van der Waals surface area contributed by atoms with E-state index in [1.165, 1.54) is 18.3 Å². The molecular formula is C10H15N3O3S3. The highest BCUT2D eigenvalue weighted by Crippen LogP contribution is 2.07. The average molecular weight is 321 g/mol. The Morgan fingerprint density at radius 2 is 2.21 bits per heavy atom. The van der Waals surface area contributed by atoms with Crippen molar-refractivity contribution in [2.75, 3.05) is 18.1 Å². The van der Waals surface area contributed by atoms with Crippen LogP contribution in [0.5, 0.6) is 0 Å². The van der Waals surface area contributed by atoms with Gasteiger partial charge in [0.15, 0.2) is 0 Å². The van der Waals surface area contributed by atoms with Crippen LogP contribution in [-0.2, 0) is 20.8 Å². The van der Waals surface area contributed by atoms with E-state index in [9.17, 15) is 12.6 Å². The largest absolute Gasteiger partial charge is 0.388 e. The lowest BCUT2D eigenvalue weighted by Gasteiger charge is -2.06. The monoisotopic (exact) mass is 321 g/mol. The Kier molecular flexibility index (Phi) is 5.98. The van der Waals surface area contributed by atoms with Gasteiger partial charge in [-0.05, 0) is 12.1 Å². The fourth-order valence-electron chi connectivity index (χ4n) is 1.20. The van der Waals surface area contributed by atoms with E-state index in [0.29, 0.717) is 11.4 Å². The van der Waals surface area contributed by atoms with Crippen LogP contribution >= 0.6 is 12.2 Å². The van der Waals surface area contributed by atoms with E-state index in [4.69, 9.17) is 18.0 Å². The lowest BCUT2D eigenvalue weighted by Crippen LogP contribution is -2.28. The first kappa shape index (κ1) is 16.2. The van der Waals surface area contributed by atoms with E-state index in [2.05, 4.69) is 9.71 Å². The quantitative estimate of drug-likeness (QED) is 0.672. The molecule has 6 nitrogen and oxygen atoms in total. The molecule has 0 spiro atoms. The second-order valence-corrected chi connectivity index (χ2v) is 7.65. The minimum Gasteiger partial charge on any atom is -0.388 e. The van der Waals surface area contributed by atoms with Crippen molar-refractivity contribution in [1.82, 2.24) is 9.71 Å². The van der Waals surface area contributed by atoms with Gasteiger partial charge in [0.05, 0.1) is 5.69 Å². The van der Waals surface area contributed by atoms with Crippen molar-refractivity contribution in [3.63, 3.8) is 0 Å². The molecule has 3 N–H and O–H groups in total. The zero-order valence-corrected chi connectivity index (χ0v) is 12.8. The number of hydrogen-bond donors (Lipinski definition) is 2. The summed E-state index contributed by atoms with van der Waals surface area (Å²) in [5.41, 5.74) is 5.73. The van der Waals surface area contributed by atoms with E-state index in [1.54, 1.807) is 6.92 Å². The third-order valence-electron chi connectivity index (χ3n) is 2.24. The van der Waals surface area contributed by atoms with Crippen LogP contribution < -0.4 is 10.5 Å². The van der Waals surface area contributed by atoms with Crippen LogP contribution in [0.15, 0.2) is 23.2 Å². The Balaban J connectivity index is 2.72. The number of hydrogen-bond acceptors (Lipinski definition) is 5. The van der Waals surface area contributed by atoms with E-state index < -0.39 is 20.8 Å². The molecule has 19 heavy (non-hydrogen) atoms. The zero-order chi connectivity index (χ0) is 14.5. The summed E-state index contributed by atoms with van der Waals surface area (Å²) < 4.78 is 37.3. The van der Waals surface area contributed by atoms with Gasteiger partial charge in [0.2, 0.25) is 10.0 Å². The van der Waals surface area contributed by atoms with E-state index >= 15 is 0 Å². The van der Waals surface area contributed by atoms with Crippen molar-refractivity contribution in [2.45, 2.75) is 11.8 Å².